The highest BCUT2D eigenvalue weighted by atomic mass is 19.1. The Labute approximate surface area is 170 Å². The number of amides is 1. The van der Waals surface area contributed by atoms with Gasteiger partial charge in [0.1, 0.15) is 11.6 Å². The Balaban J connectivity index is 1.24. The number of nitrogens with zero attached hydrogens (tertiary/aromatic N) is 5. The number of hydrogen-bond acceptors (Lipinski definition) is 5. The fraction of sp³-hybridized carbons (Fsp3) is 0.500. The quantitative estimate of drug-likeness (QED) is 0.797. The number of benzene rings is 1. The van der Waals surface area contributed by atoms with Crippen molar-refractivity contribution in [2.24, 2.45) is 0 Å². The first-order valence-electron chi connectivity index (χ1n) is 10.5. The molecule has 0 unspecified atom stereocenters. The Bertz CT molecular complexity index is 884. The van der Waals surface area contributed by atoms with Crippen LogP contribution in [0.15, 0.2) is 36.5 Å². The van der Waals surface area contributed by atoms with Crippen molar-refractivity contribution in [2.45, 2.75) is 31.1 Å². The van der Waals surface area contributed by atoms with Crippen LogP contribution < -0.4 is 9.80 Å². The SMILES string of the molecule is O=C(N1CCN(c2ccnc(N3CCCC3)n2)CC1)C1(c2ccc(F)cc2)CC1. The van der Waals surface area contributed by atoms with E-state index in [0.717, 1.165) is 56.4 Å². The monoisotopic (exact) mass is 395 g/mol. The lowest BCUT2D eigenvalue weighted by atomic mass is 9.94. The van der Waals surface area contributed by atoms with Crippen LogP contribution in [0.3, 0.4) is 0 Å². The van der Waals surface area contributed by atoms with Crippen molar-refractivity contribution in [1.29, 1.82) is 0 Å². The molecular weight excluding hydrogens is 369 g/mol. The van der Waals surface area contributed by atoms with E-state index in [4.69, 9.17) is 4.98 Å². The van der Waals surface area contributed by atoms with Crippen molar-refractivity contribution >= 4 is 17.7 Å². The molecule has 0 atom stereocenters. The highest BCUT2D eigenvalue weighted by Gasteiger charge is 2.53. The van der Waals surface area contributed by atoms with Gasteiger partial charge in [-0.2, -0.15) is 4.98 Å². The minimum Gasteiger partial charge on any atom is -0.353 e. The standard InChI is InChI=1S/C22H26FN5O/c23-18-5-3-17(4-6-18)22(8-9-22)20(29)27-15-13-26(14-16-27)19-7-10-24-21(25-19)28-11-1-2-12-28/h3-7,10H,1-2,8-9,11-16H2. The van der Waals surface area contributed by atoms with Crippen molar-refractivity contribution in [3.63, 3.8) is 0 Å². The average Bonchev–Trinajstić information content (AvgIpc) is 3.39. The van der Waals surface area contributed by atoms with Crippen molar-refractivity contribution in [3.8, 4) is 0 Å². The van der Waals surface area contributed by atoms with Gasteiger partial charge in [0.15, 0.2) is 0 Å². The van der Waals surface area contributed by atoms with Gasteiger partial charge in [-0.25, -0.2) is 9.37 Å². The van der Waals surface area contributed by atoms with Crippen LogP contribution in [0, 0.1) is 5.82 Å². The molecule has 0 radical (unpaired) electrons. The summed E-state index contributed by atoms with van der Waals surface area (Å²) in [6.45, 7) is 4.95. The summed E-state index contributed by atoms with van der Waals surface area (Å²) in [4.78, 5) is 28.9. The second-order valence-electron chi connectivity index (χ2n) is 8.28. The summed E-state index contributed by atoms with van der Waals surface area (Å²) in [6.07, 6.45) is 5.93. The summed E-state index contributed by atoms with van der Waals surface area (Å²) in [7, 11) is 0. The fourth-order valence-corrected chi connectivity index (χ4v) is 4.55. The molecule has 2 aromatic rings. The number of piperazine rings is 1. The minimum absolute atomic E-state index is 0.184. The topological polar surface area (TPSA) is 52.6 Å². The Hall–Kier alpha value is -2.70. The number of anilines is 2. The van der Waals surface area contributed by atoms with Crippen molar-refractivity contribution in [3.05, 3.63) is 47.9 Å². The summed E-state index contributed by atoms with van der Waals surface area (Å²) < 4.78 is 13.3. The van der Waals surface area contributed by atoms with Gasteiger partial charge in [-0.1, -0.05) is 12.1 Å². The third kappa shape index (κ3) is 3.43. The summed E-state index contributed by atoms with van der Waals surface area (Å²) in [5, 5.41) is 0. The third-order valence-electron chi connectivity index (χ3n) is 6.46. The van der Waals surface area contributed by atoms with E-state index in [-0.39, 0.29) is 11.7 Å². The van der Waals surface area contributed by atoms with E-state index in [0.29, 0.717) is 13.1 Å². The average molecular weight is 395 g/mol. The molecule has 3 heterocycles. The molecule has 1 aromatic carbocycles. The van der Waals surface area contributed by atoms with Gasteiger partial charge in [-0.15, -0.1) is 0 Å². The first kappa shape index (κ1) is 18.3. The minimum atomic E-state index is -0.437. The van der Waals surface area contributed by atoms with Gasteiger partial charge in [0.25, 0.3) is 0 Å². The van der Waals surface area contributed by atoms with E-state index < -0.39 is 5.41 Å². The summed E-state index contributed by atoms with van der Waals surface area (Å²) >= 11 is 0. The molecular formula is C22H26FN5O. The molecule has 2 saturated heterocycles. The lowest BCUT2D eigenvalue weighted by Crippen LogP contribution is -2.51. The fourth-order valence-electron chi connectivity index (χ4n) is 4.55. The van der Waals surface area contributed by atoms with Gasteiger partial charge >= 0.3 is 0 Å². The predicted octanol–water partition coefficient (Wildman–Crippen LogP) is 2.60. The summed E-state index contributed by atoms with van der Waals surface area (Å²) in [6, 6.07) is 8.38. The van der Waals surface area contributed by atoms with E-state index in [1.165, 1.54) is 25.0 Å². The van der Waals surface area contributed by atoms with Crippen LogP contribution in [-0.2, 0) is 10.2 Å². The molecule has 7 heteroatoms. The van der Waals surface area contributed by atoms with E-state index in [9.17, 15) is 9.18 Å². The van der Waals surface area contributed by atoms with Gasteiger partial charge in [0.2, 0.25) is 11.9 Å². The van der Waals surface area contributed by atoms with Crippen molar-refractivity contribution in [1.82, 2.24) is 14.9 Å². The number of aromatic nitrogens is 2. The third-order valence-corrected chi connectivity index (χ3v) is 6.46. The number of hydrogen-bond donors (Lipinski definition) is 0. The molecule has 0 N–H and O–H groups in total. The molecule has 5 rings (SSSR count). The maximum absolute atomic E-state index is 13.3. The molecule has 1 aromatic heterocycles. The molecule has 2 aliphatic heterocycles. The van der Waals surface area contributed by atoms with Gasteiger partial charge in [0.05, 0.1) is 5.41 Å². The van der Waals surface area contributed by atoms with E-state index in [2.05, 4.69) is 14.8 Å². The van der Waals surface area contributed by atoms with Crippen LogP contribution in [-0.4, -0.2) is 60.0 Å². The van der Waals surface area contributed by atoms with Crippen molar-refractivity contribution in [2.75, 3.05) is 49.1 Å². The van der Waals surface area contributed by atoms with Crippen LogP contribution in [0.1, 0.15) is 31.2 Å². The second-order valence-corrected chi connectivity index (χ2v) is 8.28. The lowest BCUT2D eigenvalue weighted by molar-refractivity contribution is -0.134. The molecule has 1 aliphatic carbocycles. The Morgan fingerprint density at radius 1 is 0.897 bits per heavy atom. The van der Waals surface area contributed by atoms with Gasteiger partial charge < -0.3 is 14.7 Å². The second kappa shape index (κ2) is 7.28. The van der Waals surface area contributed by atoms with Crippen LogP contribution in [0.5, 0.6) is 0 Å². The van der Waals surface area contributed by atoms with Crippen LogP contribution in [0.25, 0.3) is 0 Å². The zero-order valence-electron chi connectivity index (χ0n) is 16.6. The zero-order chi connectivity index (χ0) is 19.8. The molecule has 0 bridgehead atoms. The number of carbonyl (C=O) groups is 1. The van der Waals surface area contributed by atoms with E-state index in [1.54, 1.807) is 12.1 Å². The maximum Gasteiger partial charge on any atom is 0.233 e. The maximum atomic E-state index is 13.3. The van der Waals surface area contributed by atoms with Crippen LogP contribution >= 0.6 is 0 Å². The van der Waals surface area contributed by atoms with E-state index >= 15 is 0 Å². The summed E-state index contributed by atoms with van der Waals surface area (Å²) in [5.41, 5.74) is 0.505. The first-order valence-corrected chi connectivity index (χ1v) is 10.5. The molecule has 3 aliphatic rings. The number of halogens is 1. The predicted molar refractivity (Wildman–Crippen MR) is 110 cm³/mol. The van der Waals surface area contributed by atoms with Crippen LogP contribution in [0.4, 0.5) is 16.2 Å². The molecule has 3 fully saturated rings. The zero-order valence-corrected chi connectivity index (χ0v) is 16.6. The molecule has 6 nitrogen and oxygen atoms in total. The van der Waals surface area contributed by atoms with Crippen LogP contribution in [0.2, 0.25) is 0 Å². The smallest absolute Gasteiger partial charge is 0.233 e. The normalized spacial score (nSPS) is 20.8. The van der Waals surface area contributed by atoms with Gasteiger partial charge in [0, 0.05) is 45.5 Å². The molecule has 0 spiro atoms. The molecule has 152 valence electrons. The highest BCUT2D eigenvalue weighted by Crippen LogP contribution is 2.49. The Morgan fingerprint density at radius 2 is 1.59 bits per heavy atom. The lowest BCUT2D eigenvalue weighted by Gasteiger charge is -2.37. The first-order chi connectivity index (χ1) is 14.2. The molecule has 1 amide bonds. The highest BCUT2D eigenvalue weighted by molar-refractivity contribution is 5.91. The number of rotatable bonds is 4. The van der Waals surface area contributed by atoms with Crippen molar-refractivity contribution < 1.29 is 9.18 Å². The van der Waals surface area contributed by atoms with E-state index in [1.807, 2.05) is 17.2 Å². The number of carbonyl (C=O) groups excluding carboxylic acids is 1. The molecule has 1 saturated carbocycles. The Kier molecular flexibility index (Phi) is 4.60. The van der Waals surface area contributed by atoms with Gasteiger partial charge in [-0.3, -0.25) is 4.79 Å². The summed E-state index contributed by atoms with van der Waals surface area (Å²) in [5.74, 6) is 1.67. The van der Waals surface area contributed by atoms with Gasteiger partial charge in [-0.05, 0) is 49.4 Å². The largest absolute Gasteiger partial charge is 0.353 e. The Morgan fingerprint density at radius 3 is 2.24 bits per heavy atom. The molecule has 29 heavy (non-hydrogen) atoms.